The molecular weight excluding hydrogens is 312 g/mol. The summed E-state index contributed by atoms with van der Waals surface area (Å²) in [6.07, 6.45) is -0.171. The first kappa shape index (κ1) is 16.7. The van der Waals surface area contributed by atoms with Gasteiger partial charge in [-0.25, -0.2) is 8.42 Å². The number of benzene rings is 2. The fourth-order valence-electron chi connectivity index (χ4n) is 1.99. The smallest absolute Gasteiger partial charge is 0.225 e. The molecule has 0 atom stereocenters. The predicted octanol–water partition coefficient (Wildman–Crippen LogP) is 2.67. The number of anilines is 1. The lowest BCUT2D eigenvalue weighted by Gasteiger charge is -2.08. The van der Waals surface area contributed by atoms with Gasteiger partial charge >= 0.3 is 0 Å². The molecule has 2 rings (SSSR count). The third-order valence-electron chi connectivity index (χ3n) is 3.30. The SMILES string of the molecule is Cc1ccc(S(=O)(=O)CCC(=O)Nc2ccccc2C#N)cc1. The van der Waals surface area contributed by atoms with Crippen LogP contribution in [0.4, 0.5) is 5.69 Å². The number of aryl methyl sites for hydroxylation is 1. The summed E-state index contributed by atoms with van der Waals surface area (Å²) in [6, 6.07) is 15.0. The number of nitrogens with zero attached hydrogens (tertiary/aromatic N) is 1. The van der Waals surface area contributed by atoms with E-state index in [1.165, 1.54) is 12.1 Å². The average molecular weight is 328 g/mol. The van der Waals surface area contributed by atoms with Crippen LogP contribution in [0.25, 0.3) is 0 Å². The van der Waals surface area contributed by atoms with Crippen molar-refractivity contribution in [3.8, 4) is 6.07 Å². The minimum Gasteiger partial charge on any atom is -0.325 e. The van der Waals surface area contributed by atoms with Crippen LogP contribution in [0.15, 0.2) is 53.4 Å². The van der Waals surface area contributed by atoms with Crippen LogP contribution < -0.4 is 5.32 Å². The molecule has 118 valence electrons. The lowest BCUT2D eigenvalue weighted by molar-refractivity contribution is -0.115. The first-order valence-electron chi connectivity index (χ1n) is 7.01. The molecule has 0 saturated heterocycles. The second-order valence-electron chi connectivity index (χ2n) is 5.09. The first-order valence-corrected chi connectivity index (χ1v) is 8.66. The van der Waals surface area contributed by atoms with E-state index in [9.17, 15) is 13.2 Å². The zero-order valence-corrected chi connectivity index (χ0v) is 13.4. The van der Waals surface area contributed by atoms with Crippen molar-refractivity contribution in [2.75, 3.05) is 11.1 Å². The molecule has 0 saturated carbocycles. The third-order valence-corrected chi connectivity index (χ3v) is 5.03. The first-order chi connectivity index (χ1) is 10.9. The van der Waals surface area contributed by atoms with Gasteiger partial charge in [0.25, 0.3) is 0 Å². The summed E-state index contributed by atoms with van der Waals surface area (Å²) in [6.45, 7) is 1.87. The van der Waals surface area contributed by atoms with Gasteiger partial charge in [0.05, 0.1) is 21.9 Å². The van der Waals surface area contributed by atoms with E-state index < -0.39 is 15.7 Å². The summed E-state index contributed by atoms with van der Waals surface area (Å²) in [5.41, 5.74) is 1.68. The monoisotopic (exact) mass is 328 g/mol. The van der Waals surface area contributed by atoms with E-state index >= 15 is 0 Å². The highest BCUT2D eigenvalue weighted by molar-refractivity contribution is 7.91. The summed E-state index contributed by atoms with van der Waals surface area (Å²) in [5, 5.41) is 11.5. The quantitative estimate of drug-likeness (QED) is 0.914. The summed E-state index contributed by atoms with van der Waals surface area (Å²) in [7, 11) is -3.51. The Balaban J connectivity index is 2.01. The molecule has 0 aliphatic rings. The molecule has 2 aromatic carbocycles. The Morgan fingerprint density at radius 3 is 2.43 bits per heavy atom. The van der Waals surface area contributed by atoms with Gasteiger partial charge in [-0.05, 0) is 31.2 Å². The Morgan fingerprint density at radius 1 is 1.13 bits per heavy atom. The molecule has 1 amide bonds. The Hall–Kier alpha value is -2.65. The van der Waals surface area contributed by atoms with E-state index in [1.54, 1.807) is 36.4 Å². The molecule has 1 N–H and O–H groups in total. The number of sulfone groups is 1. The van der Waals surface area contributed by atoms with Crippen molar-refractivity contribution >= 4 is 21.4 Å². The number of carbonyl (C=O) groups is 1. The van der Waals surface area contributed by atoms with E-state index in [0.717, 1.165) is 5.56 Å². The fraction of sp³-hybridized carbons (Fsp3) is 0.176. The van der Waals surface area contributed by atoms with E-state index in [1.807, 2.05) is 13.0 Å². The van der Waals surface area contributed by atoms with Crippen LogP contribution in [-0.2, 0) is 14.6 Å². The number of hydrogen-bond donors (Lipinski definition) is 1. The maximum atomic E-state index is 12.2. The molecule has 0 aliphatic heterocycles. The summed E-state index contributed by atoms with van der Waals surface area (Å²) < 4.78 is 24.4. The highest BCUT2D eigenvalue weighted by Gasteiger charge is 2.16. The molecule has 0 heterocycles. The van der Waals surface area contributed by atoms with Crippen LogP contribution in [-0.4, -0.2) is 20.1 Å². The number of carbonyl (C=O) groups excluding carboxylic acids is 1. The van der Waals surface area contributed by atoms with Gasteiger partial charge in [0.15, 0.2) is 9.84 Å². The molecule has 2 aromatic rings. The fourth-order valence-corrected chi connectivity index (χ4v) is 3.23. The molecule has 0 unspecified atom stereocenters. The van der Waals surface area contributed by atoms with E-state index in [-0.39, 0.29) is 17.1 Å². The van der Waals surface area contributed by atoms with Crippen LogP contribution in [0.3, 0.4) is 0 Å². The second-order valence-corrected chi connectivity index (χ2v) is 7.20. The van der Waals surface area contributed by atoms with Gasteiger partial charge in [0.1, 0.15) is 6.07 Å². The Bertz CT molecular complexity index is 850. The van der Waals surface area contributed by atoms with Crippen molar-refractivity contribution in [3.05, 3.63) is 59.7 Å². The van der Waals surface area contributed by atoms with Crippen LogP contribution in [0.1, 0.15) is 17.5 Å². The van der Waals surface area contributed by atoms with Crippen molar-refractivity contribution < 1.29 is 13.2 Å². The average Bonchev–Trinajstić information content (AvgIpc) is 2.54. The van der Waals surface area contributed by atoms with Crippen LogP contribution >= 0.6 is 0 Å². The van der Waals surface area contributed by atoms with Gasteiger partial charge in [-0.15, -0.1) is 0 Å². The summed E-state index contributed by atoms with van der Waals surface area (Å²) in [4.78, 5) is 12.1. The number of para-hydroxylation sites is 1. The van der Waals surface area contributed by atoms with Crippen LogP contribution in [0.2, 0.25) is 0 Å². The highest BCUT2D eigenvalue weighted by Crippen LogP contribution is 2.16. The molecule has 5 nitrogen and oxygen atoms in total. The zero-order chi connectivity index (χ0) is 16.9. The van der Waals surface area contributed by atoms with E-state index in [2.05, 4.69) is 5.32 Å². The van der Waals surface area contributed by atoms with Gasteiger partial charge in [-0.2, -0.15) is 5.26 Å². The molecule has 23 heavy (non-hydrogen) atoms. The summed E-state index contributed by atoms with van der Waals surface area (Å²) >= 11 is 0. The maximum Gasteiger partial charge on any atom is 0.225 e. The predicted molar refractivity (Wildman–Crippen MR) is 87.6 cm³/mol. The van der Waals surface area contributed by atoms with Crippen molar-refractivity contribution in [2.45, 2.75) is 18.2 Å². The highest BCUT2D eigenvalue weighted by atomic mass is 32.2. The van der Waals surface area contributed by atoms with E-state index in [4.69, 9.17) is 5.26 Å². The number of rotatable bonds is 5. The number of nitrogens with one attached hydrogen (secondary N) is 1. The number of nitriles is 1. The van der Waals surface area contributed by atoms with Gasteiger partial charge in [0, 0.05) is 6.42 Å². The molecule has 0 aliphatic carbocycles. The molecule has 0 radical (unpaired) electrons. The third kappa shape index (κ3) is 4.41. The minimum absolute atomic E-state index is 0.171. The molecule has 0 bridgehead atoms. The number of amides is 1. The Kier molecular flexibility index (Phi) is 5.14. The van der Waals surface area contributed by atoms with Crippen LogP contribution in [0, 0.1) is 18.3 Å². The van der Waals surface area contributed by atoms with Crippen LogP contribution in [0.5, 0.6) is 0 Å². The number of hydrogen-bond acceptors (Lipinski definition) is 4. The largest absolute Gasteiger partial charge is 0.325 e. The minimum atomic E-state index is -3.51. The molecular formula is C17H16N2O3S. The Labute approximate surface area is 135 Å². The normalized spacial score (nSPS) is 10.8. The van der Waals surface area contributed by atoms with Gasteiger partial charge in [0.2, 0.25) is 5.91 Å². The standard InChI is InChI=1S/C17H16N2O3S/c1-13-6-8-15(9-7-13)23(21,22)11-10-17(20)19-16-5-3-2-4-14(16)12-18/h2-9H,10-11H2,1H3,(H,19,20). The van der Waals surface area contributed by atoms with Gasteiger partial charge < -0.3 is 5.32 Å². The van der Waals surface area contributed by atoms with Gasteiger partial charge in [-0.3, -0.25) is 4.79 Å². The molecule has 0 fully saturated rings. The topological polar surface area (TPSA) is 87.0 Å². The molecule has 0 spiro atoms. The van der Waals surface area contributed by atoms with Crippen molar-refractivity contribution in [1.29, 1.82) is 5.26 Å². The van der Waals surface area contributed by atoms with Gasteiger partial charge in [-0.1, -0.05) is 29.8 Å². The second kappa shape index (κ2) is 7.07. The summed E-state index contributed by atoms with van der Waals surface area (Å²) in [5.74, 6) is -0.722. The Morgan fingerprint density at radius 2 is 1.78 bits per heavy atom. The zero-order valence-electron chi connectivity index (χ0n) is 12.6. The van der Waals surface area contributed by atoms with Crippen molar-refractivity contribution in [1.82, 2.24) is 0 Å². The molecule has 0 aromatic heterocycles. The maximum absolute atomic E-state index is 12.2. The van der Waals surface area contributed by atoms with Crippen molar-refractivity contribution in [2.24, 2.45) is 0 Å². The lowest BCUT2D eigenvalue weighted by atomic mass is 10.2. The van der Waals surface area contributed by atoms with E-state index in [0.29, 0.717) is 11.3 Å². The molecule has 6 heteroatoms. The van der Waals surface area contributed by atoms with Crippen molar-refractivity contribution in [3.63, 3.8) is 0 Å². The lowest BCUT2D eigenvalue weighted by Crippen LogP contribution is -2.18.